The lowest BCUT2D eigenvalue weighted by molar-refractivity contribution is -0.122. The molecule has 0 unspecified atom stereocenters. The van der Waals surface area contributed by atoms with Gasteiger partial charge in [-0.25, -0.2) is 0 Å². The molecule has 28 heavy (non-hydrogen) atoms. The lowest BCUT2D eigenvalue weighted by atomic mass is 10.1. The van der Waals surface area contributed by atoms with Gasteiger partial charge in [-0.3, -0.25) is 9.59 Å². The zero-order valence-corrected chi connectivity index (χ0v) is 16.5. The smallest absolute Gasteiger partial charge is 0.227 e. The van der Waals surface area contributed by atoms with Crippen molar-refractivity contribution < 1.29 is 14.3 Å². The maximum atomic E-state index is 12.2. The molecule has 0 heterocycles. The summed E-state index contributed by atoms with van der Waals surface area (Å²) in [5.41, 5.74) is 1.71. The van der Waals surface area contributed by atoms with Gasteiger partial charge in [-0.1, -0.05) is 36.6 Å². The Hall–Kier alpha value is -2.53. The number of rotatable bonds is 8. The summed E-state index contributed by atoms with van der Waals surface area (Å²) in [6.45, 7) is 0.706. The molecule has 0 atom stereocenters. The average molecular weight is 401 g/mol. The molecule has 3 rings (SSSR count). The molecule has 148 valence electrons. The van der Waals surface area contributed by atoms with Gasteiger partial charge in [0.15, 0.2) is 0 Å². The van der Waals surface area contributed by atoms with Gasteiger partial charge in [-0.05, 0) is 54.8 Å². The predicted octanol–water partition coefficient (Wildman–Crippen LogP) is 4.55. The van der Waals surface area contributed by atoms with E-state index in [0.29, 0.717) is 23.9 Å². The molecule has 1 aliphatic rings. The Balaban J connectivity index is 1.40. The van der Waals surface area contributed by atoms with Crippen molar-refractivity contribution in [2.45, 2.75) is 38.6 Å². The van der Waals surface area contributed by atoms with E-state index in [9.17, 15) is 9.59 Å². The third kappa shape index (κ3) is 6.27. The molecule has 0 aromatic heterocycles. The number of benzene rings is 2. The number of carbonyl (C=O) groups excluding carboxylic acids is 2. The second kappa shape index (κ2) is 10.1. The van der Waals surface area contributed by atoms with Gasteiger partial charge in [-0.2, -0.15) is 0 Å². The van der Waals surface area contributed by atoms with Crippen LogP contribution in [0.1, 0.15) is 37.7 Å². The van der Waals surface area contributed by atoms with Gasteiger partial charge in [0.05, 0.1) is 13.0 Å². The van der Waals surface area contributed by atoms with Crippen LogP contribution in [0.15, 0.2) is 48.5 Å². The third-order valence-corrected chi connectivity index (χ3v) is 5.07. The molecule has 0 spiro atoms. The minimum absolute atomic E-state index is 0.0886. The van der Waals surface area contributed by atoms with E-state index < -0.39 is 0 Å². The second-order valence-electron chi connectivity index (χ2n) is 7.00. The summed E-state index contributed by atoms with van der Waals surface area (Å²) in [7, 11) is 0. The fraction of sp³-hybridized carbons (Fsp3) is 0.364. The summed E-state index contributed by atoms with van der Waals surface area (Å²) < 4.78 is 5.53. The number of anilines is 1. The van der Waals surface area contributed by atoms with Crippen LogP contribution in [-0.4, -0.2) is 18.4 Å². The van der Waals surface area contributed by atoms with E-state index in [2.05, 4.69) is 10.6 Å². The van der Waals surface area contributed by atoms with Gasteiger partial charge in [0, 0.05) is 23.2 Å². The second-order valence-corrected chi connectivity index (χ2v) is 7.44. The van der Waals surface area contributed by atoms with Crippen LogP contribution in [0, 0.1) is 5.92 Å². The van der Waals surface area contributed by atoms with Crippen molar-refractivity contribution in [2.75, 3.05) is 11.9 Å². The highest BCUT2D eigenvalue weighted by Crippen LogP contribution is 2.26. The van der Waals surface area contributed by atoms with E-state index in [1.165, 1.54) is 0 Å². The third-order valence-electron chi connectivity index (χ3n) is 4.82. The quantitative estimate of drug-likeness (QED) is 0.682. The Morgan fingerprint density at radius 1 is 1.07 bits per heavy atom. The molecule has 1 fully saturated rings. The van der Waals surface area contributed by atoms with Crippen molar-refractivity contribution in [3.05, 3.63) is 59.1 Å². The Labute approximate surface area is 170 Å². The molecule has 0 radical (unpaired) electrons. The van der Waals surface area contributed by atoms with Gasteiger partial charge >= 0.3 is 0 Å². The Morgan fingerprint density at radius 3 is 2.57 bits per heavy atom. The molecule has 2 N–H and O–H groups in total. The molecule has 0 saturated heterocycles. The van der Waals surface area contributed by atoms with Crippen LogP contribution in [-0.2, 0) is 16.1 Å². The molecule has 0 bridgehead atoms. The normalized spacial score (nSPS) is 13.9. The molecule has 2 aromatic carbocycles. The predicted molar refractivity (Wildman–Crippen MR) is 110 cm³/mol. The SMILES string of the molecule is O=C(CCOc1ccc(Cl)cc1)NCc1cccc(NC(=O)C2CCCC2)c1. The first kappa shape index (κ1) is 20.2. The zero-order valence-electron chi connectivity index (χ0n) is 15.7. The highest BCUT2D eigenvalue weighted by atomic mass is 35.5. The Kier molecular flexibility index (Phi) is 7.31. The van der Waals surface area contributed by atoms with Crippen LogP contribution in [0.3, 0.4) is 0 Å². The highest BCUT2D eigenvalue weighted by Gasteiger charge is 2.22. The standard InChI is InChI=1S/C22H25ClN2O3/c23-18-8-10-20(11-9-18)28-13-12-21(26)24-15-16-4-3-7-19(14-16)25-22(27)17-5-1-2-6-17/h3-4,7-11,14,17H,1-2,5-6,12-13,15H2,(H,24,26)(H,25,27). The van der Waals surface area contributed by atoms with E-state index in [4.69, 9.17) is 16.3 Å². The van der Waals surface area contributed by atoms with Gasteiger partial charge < -0.3 is 15.4 Å². The van der Waals surface area contributed by atoms with Crippen molar-refractivity contribution in [3.8, 4) is 5.75 Å². The monoisotopic (exact) mass is 400 g/mol. The molecular formula is C22H25ClN2O3. The number of hydrogen-bond donors (Lipinski definition) is 2. The lowest BCUT2D eigenvalue weighted by Gasteiger charge is -2.12. The van der Waals surface area contributed by atoms with Crippen LogP contribution >= 0.6 is 11.6 Å². The molecule has 2 amide bonds. The zero-order chi connectivity index (χ0) is 19.8. The summed E-state index contributed by atoms with van der Waals surface area (Å²) in [6, 6.07) is 14.6. The van der Waals surface area contributed by atoms with Crippen molar-refractivity contribution in [1.29, 1.82) is 0 Å². The van der Waals surface area contributed by atoms with E-state index >= 15 is 0 Å². The number of halogens is 1. The molecule has 1 aliphatic carbocycles. The van der Waals surface area contributed by atoms with Crippen molar-refractivity contribution >= 4 is 29.1 Å². The van der Waals surface area contributed by atoms with Gasteiger partial charge in [0.2, 0.25) is 11.8 Å². The summed E-state index contributed by atoms with van der Waals surface area (Å²) in [6.07, 6.45) is 4.47. The van der Waals surface area contributed by atoms with Crippen molar-refractivity contribution in [1.82, 2.24) is 5.32 Å². The number of carbonyl (C=O) groups is 2. The molecule has 0 aliphatic heterocycles. The highest BCUT2D eigenvalue weighted by molar-refractivity contribution is 6.30. The summed E-state index contributed by atoms with van der Waals surface area (Å²) in [5, 5.41) is 6.51. The Morgan fingerprint density at radius 2 is 1.82 bits per heavy atom. The number of ether oxygens (including phenoxy) is 1. The first-order valence-corrected chi connectivity index (χ1v) is 10.0. The fourth-order valence-corrected chi connectivity index (χ4v) is 3.40. The van der Waals surface area contributed by atoms with E-state index in [1.54, 1.807) is 24.3 Å². The summed E-state index contributed by atoms with van der Waals surface area (Å²) in [4.78, 5) is 24.3. The first-order chi connectivity index (χ1) is 13.6. The van der Waals surface area contributed by atoms with Crippen LogP contribution < -0.4 is 15.4 Å². The van der Waals surface area contributed by atoms with Crippen LogP contribution in [0.2, 0.25) is 5.02 Å². The van der Waals surface area contributed by atoms with Crippen molar-refractivity contribution in [2.24, 2.45) is 5.92 Å². The van der Waals surface area contributed by atoms with E-state index in [1.807, 2.05) is 24.3 Å². The van der Waals surface area contributed by atoms with Gasteiger partial charge in [0.1, 0.15) is 5.75 Å². The van der Waals surface area contributed by atoms with Crippen LogP contribution in [0.5, 0.6) is 5.75 Å². The molecule has 5 nitrogen and oxygen atoms in total. The summed E-state index contributed by atoms with van der Waals surface area (Å²) >= 11 is 5.82. The number of hydrogen-bond acceptors (Lipinski definition) is 3. The minimum Gasteiger partial charge on any atom is -0.493 e. The maximum absolute atomic E-state index is 12.2. The number of nitrogens with one attached hydrogen (secondary N) is 2. The maximum Gasteiger partial charge on any atom is 0.227 e. The minimum atomic E-state index is -0.0886. The van der Waals surface area contributed by atoms with Gasteiger partial charge in [-0.15, -0.1) is 0 Å². The van der Waals surface area contributed by atoms with Crippen molar-refractivity contribution in [3.63, 3.8) is 0 Å². The Bertz CT molecular complexity index is 802. The van der Waals surface area contributed by atoms with E-state index in [0.717, 1.165) is 36.9 Å². The van der Waals surface area contributed by atoms with Gasteiger partial charge in [0.25, 0.3) is 0 Å². The average Bonchev–Trinajstić information content (AvgIpc) is 3.23. The first-order valence-electron chi connectivity index (χ1n) is 9.65. The molecular weight excluding hydrogens is 376 g/mol. The topological polar surface area (TPSA) is 67.4 Å². The molecule has 6 heteroatoms. The molecule has 2 aromatic rings. The van der Waals surface area contributed by atoms with Crippen LogP contribution in [0.25, 0.3) is 0 Å². The van der Waals surface area contributed by atoms with E-state index in [-0.39, 0.29) is 24.2 Å². The van der Waals surface area contributed by atoms with Crippen LogP contribution in [0.4, 0.5) is 5.69 Å². The largest absolute Gasteiger partial charge is 0.493 e. The lowest BCUT2D eigenvalue weighted by Crippen LogP contribution is -2.24. The fourth-order valence-electron chi connectivity index (χ4n) is 3.27. The summed E-state index contributed by atoms with van der Waals surface area (Å²) in [5.74, 6) is 0.819. The number of amides is 2. The molecule has 1 saturated carbocycles.